The van der Waals surface area contributed by atoms with E-state index in [9.17, 15) is 9.90 Å². The van der Waals surface area contributed by atoms with Crippen molar-refractivity contribution in [2.75, 3.05) is 0 Å². The normalized spacial score (nSPS) is 13.8. The Morgan fingerprint density at radius 3 is 1.60 bits per heavy atom. The Bertz CT molecular complexity index is 1140. The zero-order valence-corrected chi connectivity index (χ0v) is 27.0. The van der Waals surface area contributed by atoms with Crippen molar-refractivity contribution in [3.8, 4) is 11.5 Å². The van der Waals surface area contributed by atoms with Crippen molar-refractivity contribution in [1.29, 1.82) is 0 Å². The SMILES string of the molecule is CC(C)(C)c1cc(CCC(N)=O)cc(C(C)(C)C)c1O.CCCc1cc(C(C)(C)C)c2c(c1)C(C)(C)O2.NC=O. The number of phenols is 1. The summed E-state index contributed by atoms with van der Waals surface area (Å²) in [5.41, 5.74) is 16.3. The molecule has 0 spiro atoms. The predicted octanol–water partition coefficient (Wildman–Crippen LogP) is 7.07. The molecular weight excluding hydrogens is 500 g/mol. The monoisotopic (exact) mass is 554 g/mol. The van der Waals surface area contributed by atoms with Crippen molar-refractivity contribution in [2.45, 2.75) is 131 Å². The fourth-order valence-electron chi connectivity index (χ4n) is 4.75. The molecule has 1 aliphatic rings. The zero-order valence-electron chi connectivity index (χ0n) is 27.0. The zero-order chi connectivity index (χ0) is 31.3. The molecule has 5 N–H and O–H groups in total. The van der Waals surface area contributed by atoms with Gasteiger partial charge in [-0.1, -0.05) is 93.9 Å². The maximum atomic E-state index is 11.0. The van der Waals surface area contributed by atoms with Crippen LogP contribution in [0.5, 0.6) is 11.5 Å². The Hall–Kier alpha value is -3.02. The van der Waals surface area contributed by atoms with Crippen LogP contribution in [0.4, 0.5) is 0 Å². The first-order valence-corrected chi connectivity index (χ1v) is 14.3. The van der Waals surface area contributed by atoms with E-state index >= 15 is 0 Å². The molecule has 1 aliphatic heterocycles. The lowest BCUT2D eigenvalue weighted by molar-refractivity contribution is -0.118. The molecule has 6 nitrogen and oxygen atoms in total. The van der Waals surface area contributed by atoms with E-state index in [1.807, 2.05) is 12.1 Å². The maximum absolute atomic E-state index is 11.0. The summed E-state index contributed by atoms with van der Waals surface area (Å²) < 4.78 is 5.96. The van der Waals surface area contributed by atoms with E-state index in [1.54, 1.807) is 0 Å². The molecule has 0 aliphatic carbocycles. The summed E-state index contributed by atoms with van der Waals surface area (Å²) in [5.74, 6) is 1.20. The van der Waals surface area contributed by atoms with Crippen LogP contribution >= 0.6 is 0 Å². The van der Waals surface area contributed by atoms with Crippen molar-refractivity contribution in [2.24, 2.45) is 11.5 Å². The number of phenolic OH excluding ortho intramolecular Hbond substituents is 1. The molecule has 0 unspecified atom stereocenters. The highest BCUT2D eigenvalue weighted by Gasteiger charge is 2.40. The van der Waals surface area contributed by atoms with Crippen molar-refractivity contribution in [3.05, 3.63) is 57.6 Å². The molecule has 0 atom stereocenters. The van der Waals surface area contributed by atoms with Gasteiger partial charge in [-0.3, -0.25) is 9.59 Å². The maximum Gasteiger partial charge on any atom is 0.217 e. The number of rotatable bonds is 5. The van der Waals surface area contributed by atoms with Crippen LogP contribution in [0.25, 0.3) is 0 Å². The Morgan fingerprint density at radius 1 is 0.850 bits per heavy atom. The van der Waals surface area contributed by atoms with E-state index in [2.05, 4.69) is 101 Å². The number of ether oxygens (including phenoxy) is 1. The molecule has 6 heteroatoms. The summed E-state index contributed by atoms with van der Waals surface area (Å²) in [6.07, 6.45) is 3.55. The summed E-state index contributed by atoms with van der Waals surface area (Å²) in [6, 6.07) is 8.65. The molecule has 0 saturated heterocycles. The van der Waals surface area contributed by atoms with E-state index in [0.717, 1.165) is 28.9 Å². The number of aromatic hydroxyl groups is 1. The van der Waals surface area contributed by atoms with Crippen LogP contribution in [0.3, 0.4) is 0 Å². The van der Waals surface area contributed by atoms with Gasteiger partial charge in [0, 0.05) is 17.5 Å². The number of aryl methyl sites for hydroxylation is 2. The average molecular weight is 555 g/mol. The molecule has 2 aromatic carbocycles. The number of carbonyl (C=O) groups is 2. The third-order valence-corrected chi connectivity index (χ3v) is 6.95. The van der Waals surface area contributed by atoms with Crippen molar-refractivity contribution >= 4 is 12.3 Å². The Morgan fingerprint density at radius 2 is 1.25 bits per heavy atom. The van der Waals surface area contributed by atoms with Gasteiger partial charge >= 0.3 is 0 Å². The van der Waals surface area contributed by atoms with Crippen LogP contribution in [0.1, 0.15) is 129 Å². The van der Waals surface area contributed by atoms with Crippen molar-refractivity contribution < 1.29 is 19.4 Å². The summed E-state index contributed by atoms with van der Waals surface area (Å²) in [5, 5.41) is 10.6. The number of carbonyl (C=O) groups excluding carboxylic acids is 2. The molecule has 40 heavy (non-hydrogen) atoms. The molecule has 0 saturated carbocycles. The number of fused-ring (bicyclic) bond motifs is 1. The number of primary amides is 2. The Labute approximate surface area is 242 Å². The number of hydrogen-bond acceptors (Lipinski definition) is 4. The molecule has 2 amide bonds. The minimum Gasteiger partial charge on any atom is -0.507 e. The molecule has 3 rings (SSSR count). The van der Waals surface area contributed by atoms with Crippen molar-refractivity contribution in [1.82, 2.24) is 0 Å². The number of hydrogen-bond donors (Lipinski definition) is 3. The molecule has 0 bridgehead atoms. The highest BCUT2D eigenvalue weighted by Crippen LogP contribution is 2.49. The Balaban J connectivity index is 0.000000367. The summed E-state index contributed by atoms with van der Waals surface area (Å²) in [7, 11) is 0. The third-order valence-electron chi connectivity index (χ3n) is 6.95. The summed E-state index contributed by atoms with van der Waals surface area (Å²) in [6.45, 7) is 25.8. The van der Waals surface area contributed by atoms with Crippen molar-refractivity contribution in [3.63, 3.8) is 0 Å². The van der Waals surface area contributed by atoms with Crippen LogP contribution in [0.15, 0.2) is 24.3 Å². The Kier molecular flexibility index (Phi) is 11.5. The standard InChI is InChI=1S/C17H27NO2.C16H24O.CH3NO/c1-16(2,3)12-9-11(7-8-14(18)19)10-13(15(12)20)17(4,5)6;1-7-8-11-9-12(15(2,3)4)14-13(10-11)16(5,6)17-14;2-1-3/h9-10,20H,7-8H2,1-6H3,(H2,18,19);9-10H,7-8H2,1-6H3;1H,(H2,2,3). The second-order valence-electron chi connectivity index (χ2n) is 14.3. The molecule has 0 radical (unpaired) electrons. The second-order valence-corrected chi connectivity index (χ2v) is 14.3. The van der Waals surface area contributed by atoms with Gasteiger partial charge in [0.1, 0.15) is 17.1 Å². The fraction of sp³-hybridized carbons (Fsp3) is 0.588. The third kappa shape index (κ3) is 9.28. The first-order valence-electron chi connectivity index (χ1n) is 14.3. The van der Waals surface area contributed by atoms with Crippen LogP contribution in [0.2, 0.25) is 0 Å². The van der Waals surface area contributed by atoms with Crippen LogP contribution in [0, 0.1) is 0 Å². The van der Waals surface area contributed by atoms with Gasteiger partial charge in [0.2, 0.25) is 12.3 Å². The topological polar surface area (TPSA) is 116 Å². The highest BCUT2D eigenvalue weighted by atomic mass is 16.5. The van der Waals surface area contributed by atoms with Gasteiger partial charge in [0.15, 0.2) is 0 Å². The van der Waals surface area contributed by atoms with E-state index in [1.165, 1.54) is 23.1 Å². The van der Waals surface area contributed by atoms with Gasteiger partial charge in [-0.05, 0) is 71.3 Å². The lowest BCUT2D eigenvalue weighted by atomic mass is 9.78. The largest absolute Gasteiger partial charge is 0.507 e. The van der Waals surface area contributed by atoms with E-state index in [-0.39, 0.29) is 34.2 Å². The predicted molar refractivity (Wildman–Crippen MR) is 166 cm³/mol. The fourth-order valence-corrected chi connectivity index (χ4v) is 4.75. The first kappa shape index (κ1) is 35.0. The van der Waals surface area contributed by atoms with Gasteiger partial charge in [-0.25, -0.2) is 0 Å². The van der Waals surface area contributed by atoms with Gasteiger partial charge in [0.05, 0.1) is 0 Å². The van der Waals surface area contributed by atoms with E-state index in [4.69, 9.17) is 15.3 Å². The summed E-state index contributed by atoms with van der Waals surface area (Å²) >= 11 is 0. The smallest absolute Gasteiger partial charge is 0.217 e. The molecular formula is C34H54N2O4. The van der Waals surface area contributed by atoms with E-state index < -0.39 is 0 Å². The lowest BCUT2D eigenvalue weighted by Gasteiger charge is -2.42. The van der Waals surface area contributed by atoms with Gasteiger partial charge in [-0.15, -0.1) is 0 Å². The molecule has 0 fully saturated rings. The molecule has 0 aromatic heterocycles. The highest BCUT2D eigenvalue weighted by molar-refractivity contribution is 5.74. The van der Waals surface area contributed by atoms with Gasteiger partial charge < -0.3 is 21.3 Å². The number of amides is 2. The second kappa shape index (κ2) is 13.1. The van der Waals surface area contributed by atoms with E-state index in [0.29, 0.717) is 18.6 Å². The van der Waals surface area contributed by atoms with Crippen LogP contribution < -0.4 is 16.2 Å². The van der Waals surface area contributed by atoms with Gasteiger partial charge in [-0.2, -0.15) is 0 Å². The summed E-state index contributed by atoms with van der Waals surface area (Å²) in [4.78, 5) is 19.6. The first-order chi connectivity index (χ1) is 18.1. The minimum atomic E-state index is -0.298. The number of nitrogens with two attached hydrogens (primary N) is 2. The quantitative estimate of drug-likeness (QED) is 0.343. The minimum absolute atomic E-state index is 0.0981. The number of benzene rings is 2. The van der Waals surface area contributed by atoms with Gasteiger partial charge in [0.25, 0.3) is 0 Å². The lowest BCUT2D eigenvalue weighted by Crippen LogP contribution is -2.37. The molecule has 224 valence electrons. The van der Waals surface area contributed by atoms with Crippen LogP contribution in [-0.4, -0.2) is 17.4 Å². The van der Waals surface area contributed by atoms with Crippen LogP contribution in [-0.2, 0) is 44.3 Å². The molecule has 1 heterocycles. The molecule has 2 aromatic rings. The average Bonchev–Trinajstić information content (AvgIpc) is 2.77.